The van der Waals surface area contributed by atoms with E-state index in [1.165, 1.54) is 17.7 Å². The van der Waals surface area contributed by atoms with Gasteiger partial charge in [-0.2, -0.15) is 0 Å². The minimum atomic E-state index is 0.665. The molecule has 1 aromatic rings. The second-order valence-electron chi connectivity index (χ2n) is 5.72. The topological polar surface area (TPSA) is 45.4 Å². The lowest BCUT2D eigenvalue weighted by Crippen LogP contribution is -2.50. The van der Waals surface area contributed by atoms with Crippen molar-refractivity contribution < 1.29 is 0 Å². The molecule has 1 aromatic heterocycles. The number of hydrogen-bond donors (Lipinski definition) is 1. The van der Waals surface area contributed by atoms with E-state index in [1.54, 1.807) is 0 Å². The molecule has 1 saturated heterocycles. The summed E-state index contributed by atoms with van der Waals surface area (Å²) in [5.74, 6) is 0. The molecule has 2 N–H and O–H groups in total. The highest BCUT2D eigenvalue weighted by molar-refractivity contribution is 5.17. The lowest BCUT2D eigenvalue weighted by Gasteiger charge is -2.39. The van der Waals surface area contributed by atoms with Gasteiger partial charge in [0.25, 0.3) is 0 Å². The first-order valence-electron chi connectivity index (χ1n) is 7.81. The third-order valence-electron chi connectivity index (χ3n) is 4.39. The third kappa shape index (κ3) is 4.01. The van der Waals surface area contributed by atoms with Crippen LogP contribution in [-0.2, 0) is 6.54 Å². The van der Waals surface area contributed by atoms with E-state index >= 15 is 0 Å². The van der Waals surface area contributed by atoms with Gasteiger partial charge in [-0.15, -0.1) is 0 Å². The van der Waals surface area contributed by atoms with E-state index in [0.717, 1.165) is 45.7 Å². The molecule has 4 nitrogen and oxygen atoms in total. The van der Waals surface area contributed by atoms with E-state index < -0.39 is 0 Å². The quantitative estimate of drug-likeness (QED) is 0.858. The van der Waals surface area contributed by atoms with Crippen LogP contribution in [0.2, 0.25) is 0 Å². The molecule has 0 aromatic carbocycles. The number of aromatic nitrogens is 1. The molecule has 1 unspecified atom stereocenters. The fourth-order valence-electron chi connectivity index (χ4n) is 3.02. The Balaban J connectivity index is 1.84. The Labute approximate surface area is 123 Å². The van der Waals surface area contributed by atoms with Crippen molar-refractivity contribution in [2.24, 2.45) is 5.73 Å². The Bertz CT molecular complexity index is 399. The summed E-state index contributed by atoms with van der Waals surface area (Å²) in [5, 5.41) is 0. The maximum absolute atomic E-state index is 5.71. The van der Waals surface area contributed by atoms with Crippen molar-refractivity contribution in [3.8, 4) is 0 Å². The predicted octanol–water partition coefficient (Wildman–Crippen LogP) is 1.64. The maximum Gasteiger partial charge on any atom is 0.0573 e. The van der Waals surface area contributed by atoms with Crippen LogP contribution in [-0.4, -0.2) is 53.5 Å². The van der Waals surface area contributed by atoms with Crippen molar-refractivity contribution in [3.63, 3.8) is 0 Å². The Hall–Kier alpha value is -0.970. The standard InChI is InChI=1S/C16H28N4/c1-3-15(6-7-17)20-11-9-19(10-12-20)13-16-14(2)5-4-8-18-16/h4-5,8,15H,3,6-7,9-13,17H2,1-2H3. The summed E-state index contributed by atoms with van der Waals surface area (Å²) < 4.78 is 0. The summed E-state index contributed by atoms with van der Waals surface area (Å²) in [6.07, 6.45) is 4.22. The van der Waals surface area contributed by atoms with Crippen molar-refractivity contribution in [3.05, 3.63) is 29.6 Å². The van der Waals surface area contributed by atoms with Gasteiger partial charge in [0.05, 0.1) is 5.69 Å². The van der Waals surface area contributed by atoms with E-state index in [9.17, 15) is 0 Å². The largest absolute Gasteiger partial charge is 0.330 e. The molecule has 20 heavy (non-hydrogen) atoms. The highest BCUT2D eigenvalue weighted by Gasteiger charge is 2.22. The summed E-state index contributed by atoms with van der Waals surface area (Å²) >= 11 is 0. The molecule has 1 aliphatic rings. The SMILES string of the molecule is CCC(CCN)N1CCN(Cc2ncccc2C)CC1. The fourth-order valence-corrected chi connectivity index (χ4v) is 3.02. The van der Waals surface area contributed by atoms with Crippen LogP contribution in [0, 0.1) is 6.92 Å². The van der Waals surface area contributed by atoms with Crippen LogP contribution in [0.4, 0.5) is 0 Å². The van der Waals surface area contributed by atoms with E-state index in [-0.39, 0.29) is 0 Å². The molecule has 0 spiro atoms. The molecule has 1 aliphatic heterocycles. The predicted molar refractivity (Wildman–Crippen MR) is 83.6 cm³/mol. The second kappa shape index (κ2) is 7.72. The lowest BCUT2D eigenvalue weighted by atomic mass is 10.1. The number of aryl methyl sites for hydroxylation is 1. The maximum atomic E-state index is 5.71. The first-order chi connectivity index (χ1) is 9.74. The van der Waals surface area contributed by atoms with Gasteiger partial charge in [0, 0.05) is 45.0 Å². The van der Waals surface area contributed by atoms with Gasteiger partial charge in [0.2, 0.25) is 0 Å². The summed E-state index contributed by atoms with van der Waals surface area (Å²) in [4.78, 5) is 9.62. The van der Waals surface area contributed by atoms with Gasteiger partial charge in [0.15, 0.2) is 0 Å². The van der Waals surface area contributed by atoms with Crippen LogP contribution in [0.15, 0.2) is 18.3 Å². The van der Waals surface area contributed by atoms with Crippen molar-refractivity contribution in [2.45, 2.75) is 39.3 Å². The van der Waals surface area contributed by atoms with Crippen LogP contribution in [0.3, 0.4) is 0 Å². The van der Waals surface area contributed by atoms with E-state index in [1.807, 2.05) is 12.3 Å². The van der Waals surface area contributed by atoms with Crippen LogP contribution in [0.1, 0.15) is 31.0 Å². The number of hydrogen-bond acceptors (Lipinski definition) is 4. The molecule has 1 atom stereocenters. The number of piperazine rings is 1. The summed E-state index contributed by atoms with van der Waals surface area (Å²) in [5.41, 5.74) is 8.23. The Morgan fingerprint density at radius 3 is 2.65 bits per heavy atom. The summed E-state index contributed by atoms with van der Waals surface area (Å²) in [6, 6.07) is 4.82. The molecule has 2 rings (SSSR count). The molecule has 1 fully saturated rings. The summed E-state index contributed by atoms with van der Waals surface area (Å²) in [7, 11) is 0. The van der Waals surface area contributed by atoms with E-state index in [4.69, 9.17) is 5.73 Å². The normalized spacial score (nSPS) is 19.1. The number of nitrogens with two attached hydrogens (primary N) is 1. The highest BCUT2D eigenvalue weighted by atomic mass is 15.3. The van der Waals surface area contributed by atoms with Crippen molar-refractivity contribution in [1.82, 2.24) is 14.8 Å². The van der Waals surface area contributed by atoms with Gasteiger partial charge in [-0.05, 0) is 37.9 Å². The molecule has 0 amide bonds. The third-order valence-corrected chi connectivity index (χ3v) is 4.39. The number of pyridine rings is 1. The smallest absolute Gasteiger partial charge is 0.0573 e. The minimum Gasteiger partial charge on any atom is -0.330 e. The van der Waals surface area contributed by atoms with Gasteiger partial charge in [-0.3, -0.25) is 14.8 Å². The van der Waals surface area contributed by atoms with Crippen LogP contribution in [0.25, 0.3) is 0 Å². The van der Waals surface area contributed by atoms with Crippen molar-refractivity contribution in [2.75, 3.05) is 32.7 Å². The van der Waals surface area contributed by atoms with Gasteiger partial charge in [-0.25, -0.2) is 0 Å². The number of rotatable bonds is 6. The van der Waals surface area contributed by atoms with Crippen LogP contribution >= 0.6 is 0 Å². The molecule has 0 saturated carbocycles. The lowest BCUT2D eigenvalue weighted by molar-refractivity contribution is 0.0863. The van der Waals surface area contributed by atoms with Gasteiger partial charge in [-0.1, -0.05) is 13.0 Å². The molecule has 4 heteroatoms. The molecular formula is C16H28N4. The first kappa shape index (κ1) is 15.4. The van der Waals surface area contributed by atoms with E-state index in [2.05, 4.69) is 34.7 Å². The zero-order valence-corrected chi connectivity index (χ0v) is 12.9. The van der Waals surface area contributed by atoms with Crippen LogP contribution in [0.5, 0.6) is 0 Å². The van der Waals surface area contributed by atoms with Gasteiger partial charge in [0.1, 0.15) is 0 Å². The molecule has 0 aliphatic carbocycles. The Morgan fingerprint density at radius 2 is 2.05 bits per heavy atom. The zero-order chi connectivity index (χ0) is 14.4. The highest BCUT2D eigenvalue weighted by Crippen LogP contribution is 2.14. The fraction of sp³-hybridized carbons (Fsp3) is 0.688. The zero-order valence-electron chi connectivity index (χ0n) is 12.9. The number of nitrogens with zero attached hydrogens (tertiary/aromatic N) is 3. The molecule has 0 bridgehead atoms. The van der Waals surface area contributed by atoms with Crippen LogP contribution < -0.4 is 5.73 Å². The van der Waals surface area contributed by atoms with Crippen molar-refractivity contribution >= 4 is 0 Å². The van der Waals surface area contributed by atoms with Gasteiger partial charge >= 0.3 is 0 Å². The Kier molecular flexibility index (Phi) is 5.95. The molecule has 112 valence electrons. The molecular weight excluding hydrogens is 248 g/mol. The summed E-state index contributed by atoms with van der Waals surface area (Å²) in [6.45, 7) is 10.8. The van der Waals surface area contributed by atoms with E-state index in [0.29, 0.717) is 6.04 Å². The second-order valence-corrected chi connectivity index (χ2v) is 5.72. The average molecular weight is 276 g/mol. The molecule has 0 radical (unpaired) electrons. The average Bonchev–Trinajstić information content (AvgIpc) is 2.48. The van der Waals surface area contributed by atoms with Gasteiger partial charge < -0.3 is 5.73 Å². The van der Waals surface area contributed by atoms with Crippen molar-refractivity contribution in [1.29, 1.82) is 0 Å². The monoisotopic (exact) mass is 276 g/mol. The Morgan fingerprint density at radius 1 is 1.30 bits per heavy atom. The molecule has 2 heterocycles. The first-order valence-corrected chi connectivity index (χ1v) is 7.81. The minimum absolute atomic E-state index is 0.665.